The summed E-state index contributed by atoms with van der Waals surface area (Å²) in [4.78, 5) is 10.9. The van der Waals surface area contributed by atoms with Crippen LogP contribution in [0.5, 0.6) is 5.75 Å². The number of nitrogens with two attached hydrogens (primary N) is 1. The number of rotatable bonds is 4. The van der Waals surface area contributed by atoms with Gasteiger partial charge in [-0.3, -0.25) is 0 Å². The molecule has 104 valence electrons. The van der Waals surface area contributed by atoms with E-state index in [-0.39, 0.29) is 17.4 Å². The summed E-state index contributed by atoms with van der Waals surface area (Å²) in [7, 11) is 0. The molecule has 0 aromatic heterocycles. The Morgan fingerprint density at radius 2 is 2.05 bits per heavy atom. The molecule has 0 amide bonds. The van der Waals surface area contributed by atoms with E-state index in [1.54, 1.807) is 12.1 Å². The summed E-state index contributed by atoms with van der Waals surface area (Å²) in [5.41, 5.74) is 6.09. The molecule has 1 aromatic rings. The predicted molar refractivity (Wildman–Crippen MR) is 74.5 cm³/mol. The number of hydrogen-bond acceptors (Lipinski definition) is 3. The van der Waals surface area contributed by atoms with Crippen molar-refractivity contribution in [3.8, 4) is 5.75 Å². The predicted octanol–water partition coefficient (Wildman–Crippen LogP) is 3.31. The van der Waals surface area contributed by atoms with E-state index in [1.165, 1.54) is 25.3 Å². The highest BCUT2D eigenvalue weighted by Crippen LogP contribution is 2.30. The number of anilines is 1. The molecule has 0 bridgehead atoms. The van der Waals surface area contributed by atoms with E-state index in [0.29, 0.717) is 5.75 Å². The zero-order chi connectivity index (χ0) is 13.8. The van der Waals surface area contributed by atoms with Gasteiger partial charge in [-0.25, -0.2) is 4.79 Å². The summed E-state index contributed by atoms with van der Waals surface area (Å²) in [6, 6.07) is 4.80. The van der Waals surface area contributed by atoms with E-state index < -0.39 is 5.97 Å². The van der Waals surface area contributed by atoms with Crippen LogP contribution in [-0.2, 0) is 0 Å². The smallest absolute Gasteiger partial charge is 0.337 e. The normalized spacial score (nSPS) is 23.0. The Kier molecular flexibility index (Phi) is 4.30. The molecule has 1 aliphatic rings. The molecule has 1 fully saturated rings. The molecule has 0 saturated heterocycles. The lowest BCUT2D eigenvalue weighted by Crippen LogP contribution is -2.24. The van der Waals surface area contributed by atoms with Crippen LogP contribution >= 0.6 is 0 Å². The van der Waals surface area contributed by atoms with Gasteiger partial charge in [0.15, 0.2) is 0 Å². The number of ether oxygens (including phenoxy) is 1. The fraction of sp³-hybridized carbons (Fsp3) is 0.533. The van der Waals surface area contributed by atoms with Crippen LogP contribution in [0, 0.1) is 5.92 Å². The Bertz CT molecular complexity index is 451. The quantitative estimate of drug-likeness (QED) is 0.817. The Morgan fingerprint density at radius 3 is 2.58 bits per heavy atom. The third kappa shape index (κ3) is 3.40. The molecule has 0 radical (unpaired) electrons. The SMILES string of the molecule is CCC1CCC(Oc2ccc(C(=O)O)c(N)c2)CC1. The van der Waals surface area contributed by atoms with Crippen molar-refractivity contribution in [2.45, 2.75) is 45.1 Å². The molecule has 2 rings (SSSR count). The van der Waals surface area contributed by atoms with Gasteiger partial charge in [-0.2, -0.15) is 0 Å². The van der Waals surface area contributed by atoms with Crippen LogP contribution in [0.4, 0.5) is 5.69 Å². The standard InChI is InChI=1S/C15H21NO3/c1-2-10-3-5-11(6-4-10)19-12-7-8-13(15(17)18)14(16)9-12/h7-11H,2-6,16H2,1H3,(H,17,18). The van der Waals surface area contributed by atoms with Gasteiger partial charge in [0.25, 0.3) is 0 Å². The van der Waals surface area contributed by atoms with Crippen LogP contribution in [0.15, 0.2) is 18.2 Å². The van der Waals surface area contributed by atoms with Crippen molar-refractivity contribution < 1.29 is 14.6 Å². The molecular weight excluding hydrogens is 242 g/mol. The molecule has 0 heterocycles. The van der Waals surface area contributed by atoms with Gasteiger partial charge in [0.1, 0.15) is 5.75 Å². The summed E-state index contributed by atoms with van der Waals surface area (Å²) >= 11 is 0. The Hall–Kier alpha value is -1.71. The minimum absolute atomic E-state index is 0.127. The zero-order valence-electron chi connectivity index (χ0n) is 11.3. The van der Waals surface area contributed by atoms with Crippen LogP contribution in [0.2, 0.25) is 0 Å². The van der Waals surface area contributed by atoms with E-state index in [2.05, 4.69) is 6.92 Å². The summed E-state index contributed by atoms with van der Waals surface area (Å²) in [5.74, 6) is 0.495. The third-order valence-corrected chi connectivity index (χ3v) is 3.93. The van der Waals surface area contributed by atoms with Crippen molar-refractivity contribution in [1.82, 2.24) is 0 Å². The number of carbonyl (C=O) groups is 1. The highest BCUT2D eigenvalue weighted by molar-refractivity contribution is 5.93. The second kappa shape index (κ2) is 5.95. The van der Waals surface area contributed by atoms with Crippen molar-refractivity contribution >= 4 is 11.7 Å². The molecule has 1 aliphatic carbocycles. The fourth-order valence-electron chi connectivity index (χ4n) is 2.66. The van der Waals surface area contributed by atoms with Gasteiger partial charge in [0.2, 0.25) is 0 Å². The molecule has 4 nitrogen and oxygen atoms in total. The highest BCUT2D eigenvalue weighted by atomic mass is 16.5. The first-order valence-corrected chi connectivity index (χ1v) is 6.89. The average Bonchev–Trinajstić information content (AvgIpc) is 2.39. The summed E-state index contributed by atoms with van der Waals surface area (Å²) < 4.78 is 5.89. The van der Waals surface area contributed by atoms with Gasteiger partial charge >= 0.3 is 5.97 Å². The van der Waals surface area contributed by atoms with Gasteiger partial charge in [-0.1, -0.05) is 13.3 Å². The molecular formula is C15H21NO3. The Labute approximate surface area is 113 Å². The number of nitrogen functional groups attached to an aromatic ring is 1. The van der Waals surface area contributed by atoms with Crippen molar-refractivity contribution in [1.29, 1.82) is 0 Å². The lowest BCUT2D eigenvalue weighted by atomic mass is 9.86. The van der Waals surface area contributed by atoms with E-state index in [4.69, 9.17) is 15.6 Å². The Balaban J connectivity index is 1.97. The van der Waals surface area contributed by atoms with Crippen molar-refractivity contribution in [3.05, 3.63) is 23.8 Å². The number of aromatic carboxylic acids is 1. The minimum atomic E-state index is -1.01. The van der Waals surface area contributed by atoms with E-state index in [0.717, 1.165) is 18.8 Å². The first-order valence-electron chi connectivity index (χ1n) is 6.89. The number of benzene rings is 1. The summed E-state index contributed by atoms with van der Waals surface area (Å²) in [5, 5.41) is 8.91. The first kappa shape index (κ1) is 13.7. The molecule has 19 heavy (non-hydrogen) atoms. The second-order valence-corrected chi connectivity index (χ2v) is 5.22. The van der Waals surface area contributed by atoms with Crippen LogP contribution in [0.1, 0.15) is 49.4 Å². The lowest BCUT2D eigenvalue weighted by molar-refractivity contribution is 0.0698. The van der Waals surface area contributed by atoms with Crippen molar-refractivity contribution in [3.63, 3.8) is 0 Å². The maximum Gasteiger partial charge on any atom is 0.337 e. The minimum Gasteiger partial charge on any atom is -0.490 e. The topological polar surface area (TPSA) is 72.5 Å². The molecule has 4 heteroatoms. The summed E-state index contributed by atoms with van der Waals surface area (Å²) in [6.07, 6.45) is 6.04. The molecule has 1 aromatic carbocycles. The maximum absolute atomic E-state index is 10.9. The largest absolute Gasteiger partial charge is 0.490 e. The van der Waals surface area contributed by atoms with Gasteiger partial charge in [0, 0.05) is 11.8 Å². The van der Waals surface area contributed by atoms with E-state index in [9.17, 15) is 4.79 Å². The van der Waals surface area contributed by atoms with Crippen molar-refractivity contribution in [2.24, 2.45) is 5.92 Å². The third-order valence-electron chi connectivity index (χ3n) is 3.93. The van der Waals surface area contributed by atoms with Crippen molar-refractivity contribution in [2.75, 3.05) is 5.73 Å². The molecule has 3 N–H and O–H groups in total. The highest BCUT2D eigenvalue weighted by Gasteiger charge is 2.21. The molecule has 1 saturated carbocycles. The van der Waals surface area contributed by atoms with Crippen LogP contribution in [0.25, 0.3) is 0 Å². The van der Waals surface area contributed by atoms with Gasteiger partial charge in [-0.05, 0) is 43.7 Å². The molecule has 0 unspecified atom stereocenters. The lowest BCUT2D eigenvalue weighted by Gasteiger charge is -2.28. The molecule has 0 aliphatic heterocycles. The fourth-order valence-corrected chi connectivity index (χ4v) is 2.66. The van der Waals surface area contributed by atoms with Crippen LogP contribution < -0.4 is 10.5 Å². The number of carboxylic acid groups (broad SMARTS) is 1. The average molecular weight is 263 g/mol. The maximum atomic E-state index is 10.9. The van der Waals surface area contributed by atoms with Gasteiger partial charge < -0.3 is 15.6 Å². The zero-order valence-corrected chi connectivity index (χ0v) is 11.3. The number of hydrogen-bond donors (Lipinski definition) is 2. The van der Waals surface area contributed by atoms with Crippen LogP contribution in [-0.4, -0.2) is 17.2 Å². The number of carboxylic acids is 1. The summed E-state index contributed by atoms with van der Waals surface area (Å²) in [6.45, 7) is 2.23. The first-order chi connectivity index (χ1) is 9.10. The molecule has 0 spiro atoms. The van der Waals surface area contributed by atoms with E-state index in [1.807, 2.05) is 0 Å². The van der Waals surface area contributed by atoms with Gasteiger partial charge in [0.05, 0.1) is 11.7 Å². The molecule has 0 atom stereocenters. The monoisotopic (exact) mass is 263 g/mol. The Morgan fingerprint density at radius 1 is 1.37 bits per heavy atom. The second-order valence-electron chi connectivity index (χ2n) is 5.22. The van der Waals surface area contributed by atoms with E-state index >= 15 is 0 Å². The van der Waals surface area contributed by atoms with Gasteiger partial charge in [-0.15, -0.1) is 0 Å². The van der Waals surface area contributed by atoms with Crippen LogP contribution in [0.3, 0.4) is 0 Å².